The Kier molecular flexibility index (Phi) is 6.66. The Morgan fingerprint density at radius 3 is 2.68 bits per heavy atom. The SMILES string of the molecule is O=C(CSc1nccc(N2CCCCC2)n1)Nc1ccc(Cl)cc1C(F)(F)F. The molecule has 28 heavy (non-hydrogen) atoms. The number of piperidine rings is 1. The van der Waals surface area contributed by atoms with E-state index in [-0.39, 0.29) is 16.5 Å². The molecule has 0 radical (unpaired) electrons. The van der Waals surface area contributed by atoms with Crippen LogP contribution in [0.15, 0.2) is 35.6 Å². The Morgan fingerprint density at radius 1 is 1.21 bits per heavy atom. The van der Waals surface area contributed by atoms with Crippen molar-refractivity contribution in [3.8, 4) is 0 Å². The quantitative estimate of drug-likeness (QED) is 0.541. The van der Waals surface area contributed by atoms with Crippen molar-refractivity contribution in [3.05, 3.63) is 41.0 Å². The van der Waals surface area contributed by atoms with Gasteiger partial charge in [0.1, 0.15) is 5.82 Å². The molecule has 0 spiro atoms. The van der Waals surface area contributed by atoms with Gasteiger partial charge in [-0.15, -0.1) is 0 Å². The third-order valence-corrected chi connectivity index (χ3v) is 5.29. The number of aromatic nitrogens is 2. The monoisotopic (exact) mass is 430 g/mol. The Balaban J connectivity index is 1.62. The van der Waals surface area contributed by atoms with Gasteiger partial charge in [-0.25, -0.2) is 9.97 Å². The van der Waals surface area contributed by atoms with Crippen molar-refractivity contribution in [3.63, 3.8) is 0 Å². The molecule has 0 aliphatic carbocycles. The van der Waals surface area contributed by atoms with Gasteiger partial charge in [-0.2, -0.15) is 13.2 Å². The van der Waals surface area contributed by atoms with Gasteiger partial charge in [0.05, 0.1) is 17.0 Å². The highest BCUT2D eigenvalue weighted by atomic mass is 35.5. The lowest BCUT2D eigenvalue weighted by atomic mass is 10.1. The maximum atomic E-state index is 13.1. The fourth-order valence-corrected chi connectivity index (χ4v) is 3.67. The first kappa shape index (κ1) is 20.7. The summed E-state index contributed by atoms with van der Waals surface area (Å²) in [6.45, 7) is 1.86. The molecule has 0 atom stereocenters. The molecule has 0 unspecified atom stereocenters. The number of anilines is 2. The number of rotatable bonds is 5. The minimum Gasteiger partial charge on any atom is -0.356 e. The molecule has 1 N–H and O–H groups in total. The molecule has 1 aliphatic rings. The van der Waals surface area contributed by atoms with Gasteiger partial charge in [-0.05, 0) is 43.5 Å². The van der Waals surface area contributed by atoms with Crippen LogP contribution in [0.1, 0.15) is 24.8 Å². The zero-order chi connectivity index (χ0) is 20.1. The van der Waals surface area contributed by atoms with Crippen molar-refractivity contribution < 1.29 is 18.0 Å². The summed E-state index contributed by atoms with van der Waals surface area (Å²) in [5.74, 6) is 0.114. The molecule has 1 aromatic carbocycles. The van der Waals surface area contributed by atoms with Crippen molar-refractivity contribution >= 4 is 40.8 Å². The summed E-state index contributed by atoms with van der Waals surface area (Å²) in [7, 11) is 0. The van der Waals surface area contributed by atoms with Crippen LogP contribution in [0.4, 0.5) is 24.7 Å². The normalized spacial score (nSPS) is 14.8. The molecule has 0 saturated carbocycles. The van der Waals surface area contributed by atoms with Crippen molar-refractivity contribution in [2.45, 2.75) is 30.6 Å². The summed E-state index contributed by atoms with van der Waals surface area (Å²) in [6, 6.07) is 5.04. The molecular formula is C18H18ClF3N4OS. The van der Waals surface area contributed by atoms with Crippen LogP contribution in [0.25, 0.3) is 0 Å². The van der Waals surface area contributed by atoms with E-state index in [2.05, 4.69) is 20.2 Å². The molecule has 1 saturated heterocycles. The van der Waals surface area contributed by atoms with E-state index in [1.165, 1.54) is 12.5 Å². The van der Waals surface area contributed by atoms with Gasteiger partial charge in [0.25, 0.3) is 0 Å². The Hall–Kier alpha value is -2.00. The standard InChI is InChI=1S/C18H18ClF3N4OS/c19-12-4-5-14(13(10-12)18(20,21)22)24-16(27)11-28-17-23-7-6-15(25-17)26-8-2-1-3-9-26/h4-7,10H,1-3,8-9,11H2,(H,24,27). The summed E-state index contributed by atoms with van der Waals surface area (Å²) >= 11 is 6.72. The fraction of sp³-hybridized carbons (Fsp3) is 0.389. The van der Waals surface area contributed by atoms with Gasteiger partial charge in [0.2, 0.25) is 5.91 Å². The highest BCUT2D eigenvalue weighted by Gasteiger charge is 2.34. The molecule has 1 amide bonds. The third kappa shape index (κ3) is 5.51. The van der Waals surface area contributed by atoms with Crippen LogP contribution in [0, 0.1) is 0 Å². The Bertz CT molecular complexity index is 844. The smallest absolute Gasteiger partial charge is 0.356 e. The van der Waals surface area contributed by atoms with Gasteiger partial charge in [-0.1, -0.05) is 23.4 Å². The Morgan fingerprint density at radius 2 is 1.96 bits per heavy atom. The lowest BCUT2D eigenvalue weighted by Gasteiger charge is -2.27. The van der Waals surface area contributed by atoms with E-state index >= 15 is 0 Å². The summed E-state index contributed by atoms with van der Waals surface area (Å²) in [6.07, 6.45) is 0.424. The number of nitrogens with zero attached hydrogens (tertiary/aromatic N) is 3. The largest absolute Gasteiger partial charge is 0.418 e. The fourth-order valence-electron chi connectivity index (χ4n) is 2.88. The van der Waals surface area contributed by atoms with E-state index in [4.69, 9.17) is 11.6 Å². The van der Waals surface area contributed by atoms with E-state index in [1.807, 2.05) is 6.07 Å². The lowest BCUT2D eigenvalue weighted by molar-refractivity contribution is -0.137. The molecular weight excluding hydrogens is 413 g/mol. The van der Waals surface area contributed by atoms with Crippen LogP contribution in [0.5, 0.6) is 0 Å². The van der Waals surface area contributed by atoms with E-state index < -0.39 is 17.6 Å². The number of halogens is 4. The van der Waals surface area contributed by atoms with E-state index in [0.29, 0.717) is 5.16 Å². The molecule has 5 nitrogen and oxygen atoms in total. The molecule has 2 heterocycles. The van der Waals surface area contributed by atoms with E-state index in [0.717, 1.165) is 55.6 Å². The number of thioether (sulfide) groups is 1. The van der Waals surface area contributed by atoms with E-state index in [1.54, 1.807) is 6.20 Å². The predicted octanol–water partition coefficient (Wildman–Crippen LogP) is 4.87. The molecule has 3 rings (SSSR count). The van der Waals surface area contributed by atoms with Gasteiger partial charge in [0, 0.05) is 24.3 Å². The molecule has 1 aromatic heterocycles. The predicted molar refractivity (Wildman–Crippen MR) is 104 cm³/mol. The van der Waals surface area contributed by atoms with Gasteiger partial charge in [0.15, 0.2) is 5.16 Å². The maximum absolute atomic E-state index is 13.1. The highest BCUT2D eigenvalue weighted by Crippen LogP contribution is 2.36. The molecule has 1 fully saturated rings. The summed E-state index contributed by atoms with van der Waals surface area (Å²) < 4.78 is 39.3. The second-order valence-corrected chi connectivity index (χ2v) is 7.65. The number of amides is 1. The first-order valence-corrected chi connectivity index (χ1v) is 10.1. The number of alkyl halides is 3. The molecule has 150 valence electrons. The zero-order valence-corrected chi connectivity index (χ0v) is 16.4. The van der Waals surface area contributed by atoms with Crippen LogP contribution in [0.2, 0.25) is 5.02 Å². The minimum absolute atomic E-state index is 0.0531. The van der Waals surface area contributed by atoms with Crippen LogP contribution in [-0.4, -0.2) is 34.7 Å². The van der Waals surface area contributed by atoms with Gasteiger partial charge in [-0.3, -0.25) is 4.79 Å². The molecule has 1 aliphatic heterocycles. The second kappa shape index (κ2) is 9.00. The number of carbonyl (C=O) groups is 1. The zero-order valence-electron chi connectivity index (χ0n) is 14.8. The molecule has 0 bridgehead atoms. The first-order valence-electron chi connectivity index (χ1n) is 8.70. The molecule has 10 heteroatoms. The molecule has 2 aromatic rings. The lowest BCUT2D eigenvalue weighted by Crippen LogP contribution is -2.30. The average molecular weight is 431 g/mol. The number of benzene rings is 1. The van der Waals surface area contributed by atoms with Crippen LogP contribution >= 0.6 is 23.4 Å². The average Bonchev–Trinajstić information content (AvgIpc) is 2.68. The van der Waals surface area contributed by atoms with Gasteiger partial charge >= 0.3 is 6.18 Å². The van der Waals surface area contributed by atoms with Crippen LogP contribution in [0.3, 0.4) is 0 Å². The van der Waals surface area contributed by atoms with Crippen LogP contribution < -0.4 is 10.2 Å². The maximum Gasteiger partial charge on any atom is 0.418 e. The number of hydrogen-bond acceptors (Lipinski definition) is 5. The second-order valence-electron chi connectivity index (χ2n) is 6.27. The summed E-state index contributed by atoms with van der Waals surface area (Å²) in [5, 5.41) is 2.64. The van der Waals surface area contributed by atoms with Crippen molar-refractivity contribution in [1.82, 2.24) is 9.97 Å². The summed E-state index contributed by atoms with van der Waals surface area (Å²) in [5.41, 5.74) is -1.31. The number of carbonyl (C=O) groups excluding carboxylic acids is 1. The highest BCUT2D eigenvalue weighted by molar-refractivity contribution is 7.99. The number of hydrogen-bond donors (Lipinski definition) is 1. The van der Waals surface area contributed by atoms with Gasteiger partial charge < -0.3 is 10.2 Å². The van der Waals surface area contributed by atoms with Crippen LogP contribution in [-0.2, 0) is 11.0 Å². The number of nitrogens with one attached hydrogen (secondary N) is 1. The van der Waals surface area contributed by atoms with Crippen molar-refractivity contribution in [2.24, 2.45) is 0 Å². The minimum atomic E-state index is -4.62. The van der Waals surface area contributed by atoms with E-state index in [9.17, 15) is 18.0 Å². The first-order chi connectivity index (χ1) is 13.3. The topological polar surface area (TPSA) is 58.1 Å². The Labute approximate surface area is 169 Å². The van der Waals surface area contributed by atoms with Crippen molar-refractivity contribution in [2.75, 3.05) is 29.1 Å². The third-order valence-electron chi connectivity index (χ3n) is 4.19. The summed E-state index contributed by atoms with van der Waals surface area (Å²) in [4.78, 5) is 22.9. The van der Waals surface area contributed by atoms with Crippen molar-refractivity contribution in [1.29, 1.82) is 0 Å².